The minimum absolute atomic E-state index is 0.00719. The molecule has 1 atom stereocenters. The molecule has 28 heavy (non-hydrogen) atoms. The lowest BCUT2D eigenvalue weighted by Gasteiger charge is -2.35. The molecule has 0 spiro atoms. The minimum atomic E-state index is -0.00719. The van der Waals surface area contributed by atoms with Crippen molar-refractivity contribution in [3.63, 3.8) is 0 Å². The summed E-state index contributed by atoms with van der Waals surface area (Å²) >= 11 is 0. The van der Waals surface area contributed by atoms with Gasteiger partial charge in [0.25, 0.3) is 0 Å². The van der Waals surface area contributed by atoms with E-state index < -0.39 is 0 Å². The first kappa shape index (κ1) is 20.8. The van der Waals surface area contributed by atoms with E-state index in [0.717, 1.165) is 31.5 Å². The second kappa shape index (κ2) is 9.52. The fourth-order valence-corrected chi connectivity index (χ4v) is 3.99. The number of aryl methyl sites for hydroxylation is 2. The van der Waals surface area contributed by atoms with Crippen molar-refractivity contribution in [2.75, 3.05) is 45.9 Å². The van der Waals surface area contributed by atoms with Crippen molar-refractivity contribution in [2.24, 2.45) is 5.92 Å². The van der Waals surface area contributed by atoms with Crippen molar-refractivity contribution in [1.82, 2.24) is 15.1 Å². The van der Waals surface area contributed by atoms with Gasteiger partial charge in [-0.15, -0.1) is 0 Å². The smallest absolute Gasteiger partial charge is 0.234 e. The number of amides is 2. The average molecular weight is 388 g/mol. The van der Waals surface area contributed by atoms with Crippen molar-refractivity contribution >= 4 is 11.8 Å². The van der Waals surface area contributed by atoms with Crippen LogP contribution in [0.25, 0.3) is 0 Å². The van der Waals surface area contributed by atoms with E-state index in [4.69, 9.17) is 4.74 Å². The maximum absolute atomic E-state index is 12.6. The number of piperidine rings is 1. The summed E-state index contributed by atoms with van der Waals surface area (Å²) in [6, 6.07) is 6.31. The maximum Gasteiger partial charge on any atom is 0.234 e. The molecule has 1 aromatic carbocycles. The van der Waals surface area contributed by atoms with Gasteiger partial charge in [0.05, 0.1) is 25.8 Å². The molecule has 2 heterocycles. The van der Waals surface area contributed by atoms with E-state index in [1.54, 1.807) is 0 Å². The predicted molar refractivity (Wildman–Crippen MR) is 109 cm³/mol. The van der Waals surface area contributed by atoms with Gasteiger partial charge in [-0.05, 0) is 63.4 Å². The Morgan fingerprint density at radius 1 is 1.11 bits per heavy atom. The number of rotatable bonds is 5. The van der Waals surface area contributed by atoms with Crippen molar-refractivity contribution < 1.29 is 14.3 Å². The Balaban J connectivity index is 1.43. The van der Waals surface area contributed by atoms with Crippen LogP contribution in [-0.2, 0) is 14.3 Å². The summed E-state index contributed by atoms with van der Waals surface area (Å²) in [5, 5.41) is 3.11. The highest BCUT2D eigenvalue weighted by molar-refractivity contribution is 5.80. The largest absolute Gasteiger partial charge is 0.378 e. The topological polar surface area (TPSA) is 61.9 Å². The third-order valence-electron chi connectivity index (χ3n) is 6.04. The summed E-state index contributed by atoms with van der Waals surface area (Å²) in [5.74, 6) is 0.395. The Morgan fingerprint density at radius 2 is 1.79 bits per heavy atom. The molecular weight excluding hydrogens is 354 g/mol. The van der Waals surface area contributed by atoms with Gasteiger partial charge in [-0.2, -0.15) is 0 Å². The van der Waals surface area contributed by atoms with Crippen molar-refractivity contribution in [3.8, 4) is 0 Å². The van der Waals surface area contributed by atoms with E-state index in [2.05, 4.69) is 42.3 Å². The minimum Gasteiger partial charge on any atom is -0.378 e. The third kappa shape index (κ3) is 5.32. The van der Waals surface area contributed by atoms with Crippen LogP contribution >= 0.6 is 0 Å². The first-order chi connectivity index (χ1) is 13.4. The summed E-state index contributed by atoms with van der Waals surface area (Å²) in [5.41, 5.74) is 3.63. The number of benzene rings is 1. The van der Waals surface area contributed by atoms with Crippen LogP contribution in [0.15, 0.2) is 18.2 Å². The number of hydrogen-bond acceptors (Lipinski definition) is 4. The van der Waals surface area contributed by atoms with Crippen molar-refractivity contribution in [2.45, 2.75) is 39.7 Å². The zero-order valence-corrected chi connectivity index (χ0v) is 17.4. The molecule has 1 aromatic rings. The van der Waals surface area contributed by atoms with E-state index in [9.17, 15) is 9.59 Å². The summed E-state index contributed by atoms with van der Waals surface area (Å²) in [6.07, 6.45) is 1.66. The van der Waals surface area contributed by atoms with E-state index in [1.807, 2.05) is 11.8 Å². The van der Waals surface area contributed by atoms with Gasteiger partial charge >= 0.3 is 0 Å². The summed E-state index contributed by atoms with van der Waals surface area (Å²) in [6.45, 7) is 10.9. The van der Waals surface area contributed by atoms with Crippen LogP contribution < -0.4 is 5.32 Å². The Bertz CT molecular complexity index is 692. The number of carbonyl (C=O) groups is 2. The van der Waals surface area contributed by atoms with Gasteiger partial charge in [-0.1, -0.05) is 18.2 Å². The molecule has 2 fully saturated rings. The number of hydrogen-bond donors (Lipinski definition) is 1. The fraction of sp³-hybridized carbons (Fsp3) is 0.636. The van der Waals surface area contributed by atoms with Crippen LogP contribution in [-0.4, -0.2) is 67.6 Å². The summed E-state index contributed by atoms with van der Waals surface area (Å²) < 4.78 is 5.33. The van der Waals surface area contributed by atoms with Crippen LogP contribution in [0.3, 0.4) is 0 Å². The van der Waals surface area contributed by atoms with E-state index in [1.165, 1.54) is 11.1 Å². The molecule has 154 valence electrons. The van der Waals surface area contributed by atoms with E-state index >= 15 is 0 Å². The second-order valence-electron chi connectivity index (χ2n) is 8.12. The zero-order valence-electron chi connectivity index (χ0n) is 17.4. The molecule has 3 rings (SSSR count). The van der Waals surface area contributed by atoms with Crippen LogP contribution in [0.2, 0.25) is 0 Å². The second-order valence-corrected chi connectivity index (χ2v) is 8.12. The van der Waals surface area contributed by atoms with Gasteiger partial charge in [0.15, 0.2) is 0 Å². The van der Waals surface area contributed by atoms with Gasteiger partial charge in [0, 0.05) is 19.0 Å². The standard InChI is InChI=1S/C22H33N3O3/c1-16-4-5-20(14-17(16)2)18(3)23-21(26)15-24-8-6-19(7-9-24)22(27)25-10-12-28-13-11-25/h4-5,14,18-19H,6-13,15H2,1-3H3,(H,23,26). The Labute approximate surface area is 168 Å². The predicted octanol–water partition coefficient (Wildman–Crippen LogP) is 2.05. The average Bonchev–Trinajstić information content (AvgIpc) is 2.70. The molecule has 1 N–H and O–H groups in total. The summed E-state index contributed by atoms with van der Waals surface area (Å²) in [4.78, 5) is 29.2. The maximum atomic E-state index is 12.6. The van der Waals surface area contributed by atoms with Crippen molar-refractivity contribution in [3.05, 3.63) is 34.9 Å². The van der Waals surface area contributed by atoms with Crippen LogP contribution in [0.5, 0.6) is 0 Å². The molecule has 2 aliphatic heterocycles. The van der Waals surface area contributed by atoms with Gasteiger partial charge in [0.1, 0.15) is 0 Å². The molecule has 0 saturated carbocycles. The molecule has 0 aromatic heterocycles. The Hall–Kier alpha value is -1.92. The first-order valence-electron chi connectivity index (χ1n) is 10.4. The van der Waals surface area contributed by atoms with Crippen LogP contribution in [0, 0.1) is 19.8 Å². The van der Waals surface area contributed by atoms with Gasteiger partial charge in [-0.25, -0.2) is 0 Å². The monoisotopic (exact) mass is 387 g/mol. The number of ether oxygens (including phenoxy) is 1. The molecule has 2 amide bonds. The molecule has 2 aliphatic rings. The van der Waals surface area contributed by atoms with Crippen LogP contribution in [0.1, 0.15) is 42.5 Å². The van der Waals surface area contributed by atoms with Crippen molar-refractivity contribution in [1.29, 1.82) is 0 Å². The SMILES string of the molecule is Cc1ccc(C(C)NC(=O)CN2CCC(C(=O)N3CCOCC3)CC2)cc1C. The molecule has 1 unspecified atom stereocenters. The van der Waals surface area contributed by atoms with Crippen LogP contribution in [0.4, 0.5) is 0 Å². The molecule has 0 aliphatic carbocycles. The lowest BCUT2D eigenvalue weighted by molar-refractivity contribution is -0.141. The number of carbonyl (C=O) groups excluding carboxylic acids is 2. The summed E-state index contributed by atoms with van der Waals surface area (Å²) in [7, 11) is 0. The van der Waals surface area contributed by atoms with Gasteiger partial charge < -0.3 is 15.0 Å². The molecule has 2 saturated heterocycles. The lowest BCUT2D eigenvalue weighted by Crippen LogP contribution is -2.48. The fourth-order valence-electron chi connectivity index (χ4n) is 3.99. The molecule has 0 bridgehead atoms. The van der Waals surface area contributed by atoms with E-state index in [0.29, 0.717) is 32.8 Å². The third-order valence-corrected chi connectivity index (χ3v) is 6.04. The van der Waals surface area contributed by atoms with Gasteiger partial charge in [-0.3, -0.25) is 14.5 Å². The Morgan fingerprint density at radius 3 is 2.43 bits per heavy atom. The quantitative estimate of drug-likeness (QED) is 0.840. The number of nitrogens with one attached hydrogen (secondary N) is 1. The number of nitrogens with zero attached hydrogens (tertiary/aromatic N) is 2. The number of likely N-dealkylation sites (tertiary alicyclic amines) is 1. The Kier molecular flexibility index (Phi) is 7.08. The lowest BCUT2D eigenvalue weighted by atomic mass is 9.95. The molecule has 6 heteroatoms. The molecular formula is C22H33N3O3. The highest BCUT2D eigenvalue weighted by Crippen LogP contribution is 2.21. The van der Waals surface area contributed by atoms with E-state index in [-0.39, 0.29) is 23.8 Å². The zero-order chi connectivity index (χ0) is 20.1. The normalized spacial score (nSPS) is 20.0. The van der Waals surface area contributed by atoms with Gasteiger partial charge in [0.2, 0.25) is 11.8 Å². The first-order valence-corrected chi connectivity index (χ1v) is 10.4. The number of morpholine rings is 1. The molecule has 0 radical (unpaired) electrons. The highest BCUT2D eigenvalue weighted by atomic mass is 16.5. The molecule has 6 nitrogen and oxygen atoms in total. The highest BCUT2D eigenvalue weighted by Gasteiger charge is 2.30.